The lowest BCUT2D eigenvalue weighted by atomic mass is 10.1. The van der Waals surface area contributed by atoms with Crippen LogP contribution in [-0.2, 0) is 10.0 Å². The van der Waals surface area contributed by atoms with Gasteiger partial charge in [-0.25, -0.2) is 13.1 Å². The molecule has 0 aliphatic carbocycles. The molecule has 2 N–H and O–H groups in total. The van der Waals surface area contributed by atoms with Crippen LogP contribution in [0.4, 0.5) is 5.69 Å². The average Bonchev–Trinajstić information content (AvgIpc) is 2.39. The van der Waals surface area contributed by atoms with E-state index in [1.54, 1.807) is 0 Å². The van der Waals surface area contributed by atoms with Gasteiger partial charge in [-0.1, -0.05) is 11.6 Å². The second-order valence-electron chi connectivity index (χ2n) is 4.52. The van der Waals surface area contributed by atoms with Gasteiger partial charge in [-0.3, -0.25) is 10.1 Å². The Morgan fingerprint density at radius 3 is 2.60 bits per heavy atom. The molecule has 1 fully saturated rings. The van der Waals surface area contributed by atoms with E-state index in [-0.39, 0.29) is 21.6 Å². The summed E-state index contributed by atoms with van der Waals surface area (Å²) in [5, 5.41) is 13.8. The van der Waals surface area contributed by atoms with E-state index < -0.39 is 14.9 Å². The minimum atomic E-state index is -3.86. The van der Waals surface area contributed by atoms with Gasteiger partial charge in [0, 0.05) is 18.2 Å². The minimum absolute atomic E-state index is 0.0305. The van der Waals surface area contributed by atoms with Crippen molar-refractivity contribution in [3.8, 4) is 0 Å². The lowest BCUT2D eigenvalue weighted by Crippen LogP contribution is -2.42. The number of hydrogen-bond acceptors (Lipinski definition) is 5. The predicted octanol–water partition coefficient (Wildman–Crippen LogP) is 1.28. The normalized spacial score (nSPS) is 17.1. The average molecular weight is 320 g/mol. The number of rotatable bonds is 4. The topological polar surface area (TPSA) is 101 Å². The van der Waals surface area contributed by atoms with Crippen molar-refractivity contribution < 1.29 is 13.3 Å². The van der Waals surface area contributed by atoms with Crippen molar-refractivity contribution in [2.45, 2.75) is 23.8 Å². The van der Waals surface area contributed by atoms with E-state index in [1.807, 2.05) is 0 Å². The van der Waals surface area contributed by atoms with Gasteiger partial charge >= 0.3 is 0 Å². The van der Waals surface area contributed by atoms with Gasteiger partial charge in [0.05, 0.1) is 9.95 Å². The summed E-state index contributed by atoms with van der Waals surface area (Å²) in [5.41, 5.74) is -0.305. The van der Waals surface area contributed by atoms with E-state index in [0.717, 1.165) is 19.2 Å². The molecular formula is C11H14ClN3O4S. The molecule has 1 aromatic rings. The number of nitro benzene ring substituents is 1. The van der Waals surface area contributed by atoms with E-state index in [0.29, 0.717) is 12.8 Å². The molecule has 1 aliphatic rings. The van der Waals surface area contributed by atoms with Crippen LogP contribution in [0, 0.1) is 10.1 Å². The lowest BCUT2D eigenvalue weighted by Gasteiger charge is -2.23. The minimum Gasteiger partial charge on any atom is -0.317 e. The number of hydrogen-bond donors (Lipinski definition) is 2. The van der Waals surface area contributed by atoms with Crippen LogP contribution in [0.15, 0.2) is 23.1 Å². The van der Waals surface area contributed by atoms with Crippen molar-refractivity contribution in [2.24, 2.45) is 0 Å². The Labute approximate surface area is 121 Å². The molecule has 0 atom stereocenters. The fraction of sp³-hybridized carbons (Fsp3) is 0.455. The summed E-state index contributed by atoms with van der Waals surface area (Å²) >= 11 is 5.85. The standard InChI is InChI=1S/C11H14ClN3O4S/c12-10-2-1-9(15(16)17)7-11(10)20(18,19)14-8-3-5-13-6-4-8/h1-2,7-8,13-14H,3-6H2. The van der Waals surface area contributed by atoms with Crippen LogP contribution in [0.25, 0.3) is 0 Å². The monoisotopic (exact) mass is 319 g/mol. The van der Waals surface area contributed by atoms with Crippen LogP contribution in [0.5, 0.6) is 0 Å². The quantitative estimate of drug-likeness (QED) is 0.643. The maximum absolute atomic E-state index is 12.3. The van der Waals surface area contributed by atoms with Crippen molar-refractivity contribution >= 4 is 27.3 Å². The van der Waals surface area contributed by atoms with E-state index >= 15 is 0 Å². The Hall–Kier alpha value is -1.22. The van der Waals surface area contributed by atoms with Gasteiger partial charge in [-0.15, -0.1) is 0 Å². The fourth-order valence-electron chi connectivity index (χ4n) is 2.03. The summed E-state index contributed by atoms with van der Waals surface area (Å²) in [7, 11) is -3.86. The van der Waals surface area contributed by atoms with E-state index in [2.05, 4.69) is 10.0 Å². The first-order valence-electron chi connectivity index (χ1n) is 6.07. The van der Waals surface area contributed by atoms with Gasteiger partial charge < -0.3 is 5.32 Å². The summed E-state index contributed by atoms with van der Waals surface area (Å²) in [6, 6.07) is 3.19. The summed E-state index contributed by atoms with van der Waals surface area (Å²) in [6.07, 6.45) is 1.34. The molecule has 0 bridgehead atoms. The maximum atomic E-state index is 12.3. The molecule has 0 radical (unpaired) electrons. The third kappa shape index (κ3) is 3.45. The molecule has 1 saturated heterocycles. The molecule has 2 rings (SSSR count). The predicted molar refractivity (Wildman–Crippen MR) is 74.3 cm³/mol. The Bertz CT molecular complexity index is 614. The maximum Gasteiger partial charge on any atom is 0.270 e. The van der Waals surface area contributed by atoms with Crippen molar-refractivity contribution in [1.29, 1.82) is 0 Å². The third-order valence-electron chi connectivity index (χ3n) is 3.08. The lowest BCUT2D eigenvalue weighted by molar-refractivity contribution is -0.385. The first kappa shape index (κ1) is 15.2. The van der Waals surface area contributed by atoms with Crippen LogP contribution < -0.4 is 10.0 Å². The van der Waals surface area contributed by atoms with Crippen LogP contribution in [0.1, 0.15) is 12.8 Å². The van der Waals surface area contributed by atoms with Crippen molar-refractivity contribution in [3.05, 3.63) is 33.3 Å². The van der Waals surface area contributed by atoms with Gasteiger partial charge in [0.15, 0.2) is 0 Å². The molecule has 0 unspecified atom stereocenters. The zero-order valence-electron chi connectivity index (χ0n) is 10.5. The highest BCUT2D eigenvalue weighted by molar-refractivity contribution is 7.89. The zero-order chi connectivity index (χ0) is 14.8. The third-order valence-corrected chi connectivity index (χ3v) is 5.08. The molecule has 9 heteroatoms. The van der Waals surface area contributed by atoms with Gasteiger partial charge in [0.2, 0.25) is 10.0 Å². The number of nitrogens with zero attached hydrogens (tertiary/aromatic N) is 1. The zero-order valence-corrected chi connectivity index (χ0v) is 12.1. The van der Waals surface area contributed by atoms with E-state index in [1.165, 1.54) is 12.1 Å². The Kier molecular flexibility index (Phi) is 4.59. The summed E-state index contributed by atoms with van der Waals surface area (Å²) < 4.78 is 27.1. The molecule has 7 nitrogen and oxygen atoms in total. The molecular weight excluding hydrogens is 306 g/mol. The molecule has 0 saturated carbocycles. The molecule has 1 heterocycles. The van der Waals surface area contributed by atoms with Crippen molar-refractivity contribution in [2.75, 3.05) is 13.1 Å². The largest absolute Gasteiger partial charge is 0.317 e. The number of halogens is 1. The summed E-state index contributed by atoms with van der Waals surface area (Å²) in [5.74, 6) is 0. The molecule has 0 amide bonds. The molecule has 0 aromatic heterocycles. The second kappa shape index (κ2) is 6.04. The van der Waals surface area contributed by atoms with E-state index in [9.17, 15) is 18.5 Å². The highest BCUT2D eigenvalue weighted by atomic mass is 35.5. The van der Waals surface area contributed by atoms with Gasteiger partial charge in [0.1, 0.15) is 4.90 Å². The van der Waals surface area contributed by atoms with Crippen LogP contribution in [-0.4, -0.2) is 32.5 Å². The highest BCUT2D eigenvalue weighted by Gasteiger charge is 2.25. The molecule has 110 valence electrons. The highest BCUT2D eigenvalue weighted by Crippen LogP contribution is 2.26. The van der Waals surface area contributed by atoms with Crippen LogP contribution >= 0.6 is 11.6 Å². The number of non-ortho nitro benzene ring substituents is 1. The second-order valence-corrected chi connectivity index (χ2v) is 6.61. The van der Waals surface area contributed by atoms with Crippen molar-refractivity contribution in [3.63, 3.8) is 0 Å². The van der Waals surface area contributed by atoms with Gasteiger partial charge in [-0.2, -0.15) is 0 Å². The number of nitrogens with one attached hydrogen (secondary N) is 2. The molecule has 1 aromatic carbocycles. The van der Waals surface area contributed by atoms with Crippen LogP contribution in [0.3, 0.4) is 0 Å². The molecule has 1 aliphatic heterocycles. The van der Waals surface area contributed by atoms with E-state index in [4.69, 9.17) is 11.6 Å². The molecule has 0 spiro atoms. The Morgan fingerprint density at radius 2 is 2.00 bits per heavy atom. The number of piperidine rings is 1. The SMILES string of the molecule is O=[N+]([O-])c1ccc(Cl)c(S(=O)(=O)NC2CCNCC2)c1. The smallest absolute Gasteiger partial charge is 0.270 e. The fourth-order valence-corrected chi connectivity index (χ4v) is 3.86. The summed E-state index contributed by atoms with van der Waals surface area (Å²) in [6.45, 7) is 1.46. The molecule has 20 heavy (non-hydrogen) atoms. The number of benzene rings is 1. The van der Waals surface area contributed by atoms with Crippen molar-refractivity contribution in [1.82, 2.24) is 10.0 Å². The first-order valence-corrected chi connectivity index (χ1v) is 7.93. The number of nitro groups is 1. The van der Waals surface area contributed by atoms with Crippen LogP contribution in [0.2, 0.25) is 5.02 Å². The summed E-state index contributed by atoms with van der Waals surface area (Å²) in [4.78, 5) is 9.81. The Morgan fingerprint density at radius 1 is 1.35 bits per heavy atom. The van der Waals surface area contributed by atoms with Gasteiger partial charge in [0.25, 0.3) is 5.69 Å². The Balaban J connectivity index is 2.28. The first-order chi connectivity index (χ1) is 9.40. The number of sulfonamides is 1. The van der Waals surface area contributed by atoms with Gasteiger partial charge in [-0.05, 0) is 32.0 Å².